The maximum Gasteiger partial charge on any atom is 0.223 e. The van der Waals surface area contributed by atoms with Crippen molar-refractivity contribution in [3.8, 4) is 0 Å². The van der Waals surface area contributed by atoms with Crippen molar-refractivity contribution >= 4 is 40.1 Å². The molecule has 30 heavy (non-hydrogen) atoms. The fourth-order valence-electron chi connectivity index (χ4n) is 5.06. The van der Waals surface area contributed by atoms with Crippen LogP contribution in [0, 0.1) is 0 Å². The van der Waals surface area contributed by atoms with E-state index < -0.39 is 0 Å². The van der Waals surface area contributed by atoms with Gasteiger partial charge in [-0.3, -0.25) is 4.79 Å². The van der Waals surface area contributed by atoms with E-state index in [0.717, 1.165) is 41.8 Å². The molecule has 0 radical (unpaired) electrons. The van der Waals surface area contributed by atoms with Crippen molar-refractivity contribution in [1.82, 2.24) is 14.5 Å². The van der Waals surface area contributed by atoms with Crippen molar-refractivity contribution in [3.63, 3.8) is 0 Å². The third-order valence-electron chi connectivity index (χ3n) is 6.60. The minimum absolute atomic E-state index is 0.0908. The van der Waals surface area contributed by atoms with Gasteiger partial charge in [-0.1, -0.05) is 60.7 Å². The number of hydrogen-bond acceptors (Lipinski definition) is 2. The smallest absolute Gasteiger partial charge is 0.223 e. The highest BCUT2D eigenvalue weighted by molar-refractivity contribution is 6.36. The number of nitrogens with zero attached hydrogens (tertiary/aromatic N) is 3. The molecule has 1 aromatic heterocycles. The molecule has 1 aliphatic heterocycles. The summed E-state index contributed by atoms with van der Waals surface area (Å²) in [4.78, 5) is 20.0. The molecule has 1 atom stereocenters. The fraction of sp³-hybridized carbons (Fsp3) is 0.417. The fourth-order valence-corrected chi connectivity index (χ4v) is 5.58. The lowest BCUT2D eigenvalue weighted by atomic mass is 9.94. The molecule has 0 bridgehead atoms. The van der Waals surface area contributed by atoms with Crippen LogP contribution < -0.4 is 0 Å². The van der Waals surface area contributed by atoms with E-state index in [1.54, 1.807) is 0 Å². The van der Waals surface area contributed by atoms with Gasteiger partial charge in [0.1, 0.15) is 5.82 Å². The monoisotopic (exact) mass is 441 g/mol. The summed E-state index contributed by atoms with van der Waals surface area (Å²) >= 11 is 13.0. The molecule has 2 fully saturated rings. The van der Waals surface area contributed by atoms with Crippen LogP contribution in [0.5, 0.6) is 0 Å². The summed E-state index contributed by atoms with van der Waals surface area (Å²) < 4.78 is 2.20. The lowest BCUT2D eigenvalue weighted by molar-refractivity contribution is -0.130. The number of para-hydroxylation sites is 2. The summed E-state index contributed by atoms with van der Waals surface area (Å²) in [6.07, 6.45) is 6.52. The summed E-state index contributed by atoms with van der Waals surface area (Å²) in [5.74, 6) is 1.31. The largest absolute Gasteiger partial charge is 0.339 e. The second kappa shape index (κ2) is 8.24. The predicted octanol–water partition coefficient (Wildman–Crippen LogP) is 6.04. The van der Waals surface area contributed by atoms with Gasteiger partial charge in [-0.2, -0.15) is 0 Å². The molecule has 1 amide bonds. The Balaban J connectivity index is 1.52. The van der Waals surface area contributed by atoms with Gasteiger partial charge in [-0.25, -0.2) is 4.98 Å². The van der Waals surface area contributed by atoms with Gasteiger partial charge in [0.05, 0.1) is 17.6 Å². The Hall–Kier alpha value is -2.04. The molecular weight excluding hydrogens is 417 g/mol. The van der Waals surface area contributed by atoms with Crippen molar-refractivity contribution in [2.75, 3.05) is 6.54 Å². The molecule has 1 saturated carbocycles. The van der Waals surface area contributed by atoms with Gasteiger partial charge >= 0.3 is 0 Å². The normalized spacial score (nSPS) is 20.4. The van der Waals surface area contributed by atoms with Crippen LogP contribution in [0.3, 0.4) is 0 Å². The Kier molecular flexibility index (Phi) is 5.46. The third kappa shape index (κ3) is 3.61. The standard InChI is InChI=1S/C24H25Cl2N3O/c25-19-9-6-10-20(26)18(19)15-29-22-12-5-4-11-21(22)27-24(29)16-13-23(30)28(14-16)17-7-2-1-3-8-17/h4-6,9-12,16-17H,1-3,7-8,13-15H2. The minimum Gasteiger partial charge on any atom is -0.339 e. The molecule has 3 aromatic rings. The number of rotatable bonds is 4. The molecule has 2 aromatic carbocycles. The van der Waals surface area contributed by atoms with Crippen LogP contribution in [-0.4, -0.2) is 32.9 Å². The Bertz CT molecular complexity index is 1070. The number of hydrogen-bond donors (Lipinski definition) is 0. The van der Waals surface area contributed by atoms with Crippen molar-refractivity contribution in [2.45, 2.75) is 57.0 Å². The van der Waals surface area contributed by atoms with E-state index in [0.29, 0.717) is 29.1 Å². The first kappa shape index (κ1) is 19.9. The summed E-state index contributed by atoms with van der Waals surface area (Å²) in [5, 5.41) is 1.30. The lowest BCUT2D eigenvalue weighted by Crippen LogP contribution is -2.37. The van der Waals surface area contributed by atoms with Crippen LogP contribution in [0.2, 0.25) is 10.0 Å². The van der Waals surface area contributed by atoms with E-state index in [2.05, 4.69) is 15.5 Å². The quantitative estimate of drug-likeness (QED) is 0.494. The number of likely N-dealkylation sites (tertiary alicyclic amines) is 1. The first-order valence-corrected chi connectivity index (χ1v) is 11.5. The van der Waals surface area contributed by atoms with E-state index >= 15 is 0 Å². The minimum atomic E-state index is 0.0908. The van der Waals surface area contributed by atoms with Gasteiger partial charge in [0.2, 0.25) is 5.91 Å². The highest BCUT2D eigenvalue weighted by Gasteiger charge is 2.37. The number of benzene rings is 2. The number of imidazole rings is 1. The number of halogens is 2. The Morgan fingerprint density at radius 2 is 1.70 bits per heavy atom. The second-order valence-corrected chi connectivity index (χ2v) is 9.30. The number of amides is 1. The number of carbonyl (C=O) groups excluding carboxylic acids is 1. The molecule has 1 saturated heterocycles. The van der Waals surface area contributed by atoms with E-state index in [-0.39, 0.29) is 11.8 Å². The number of carbonyl (C=O) groups is 1. The van der Waals surface area contributed by atoms with Crippen LogP contribution in [-0.2, 0) is 11.3 Å². The molecular formula is C24H25Cl2N3O. The zero-order valence-electron chi connectivity index (χ0n) is 16.9. The summed E-state index contributed by atoms with van der Waals surface area (Å²) in [6, 6.07) is 14.1. The highest BCUT2D eigenvalue weighted by atomic mass is 35.5. The first-order chi connectivity index (χ1) is 14.6. The molecule has 156 valence electrons. The van der Waals surface area contributed by atoms with Crippen LogP contribution in [0.1, 0.15) is 55.8 Å². The molecule has 2 heterocycles. The van der Waals surface area contributed by atoms with Crippen LogP contribution in [0.15, 0.2) is 42.5 Å². The van der Waals surface area contributed by atoms with Gasteiger partial charge in [0.25, 0.3) is 0 Å². The Labute approximate surface area is 186 Å². The molecule has 5 rings (SSSR count). The molecule has 4 nitrogen and oxygen atoms in total. The van der Waals surface area contributed by atoms with Crippen molar-refractivity contribution in [1.29, 1.82) is 0 Å². The van der Waals surface area contributed by atoms with Crippen LogP contribution in [0.25, 0.3) is 11.0 Å². The third-order valence-corrected chi connectivity index (χ3v) is 7.31. The van der Waals surface area contributed by atoms with Crippen LogP contribution in [0.4, 0.5) is 0 Å². The summed E-state index contributed by atoms with van der Waals surface area (Å²) in [6.45, 7) is 1.30. The van der Waals surface area contributed by atoms with E-state index in [9.17, 15) is 4.79 Å². The molecule has 6 heteroatoms. The van der Waals surface area contributed by atoms with Gasteiger partial charge < -0.3 is 9.47 Å². The predicted molar refractivity (Wildman–Crippen MR) is 121 cm³/mol. The SMILES string of the molecule is O=C1CC(c2nc3ccccc3n2Cc2c(Cl)cccc2Cl)CN1C1CCCCC1. The Morgan fingerprint density at radius 3 is 2.47 bits per heavy atom. The average molecular weight is 442 g/mol. The molecule has 2 aliphatic rings. The molecule has 0 N–H and O–H groups in total. The average Bonchev–Trinajstić information content (AvgIpc) is 3.32. The van der Waals surface area contributed by atoms with E-state index in [1.807, 2.05) is 36.4 Å². The molecule has 1 aliphatic carbocycles. The first-order valence-electron chi connectivity index (χ1n) is 10.8. The number of fused-ring (bicyclic) bond motifs is 1. The van der Waals surface area contributed by atoms with E-state index in [4.69, 9.17) is 28.2 Å². The maximum atomic E-state index is 12.9. The van der Waals surface area contributed by atoms with E-state index in [1.165, 1.54) is 19.3 Å². The van der Waals surface area contributed by atoms with Gasteiger partial charge in [0, 0.05) is 40.5 Å². The van der Waals surface area contributed by atoms with Crippen LogP contribution >= 0.6 is 23.2 Å². The van der Waals surface area contributed by atoms with Crippen molar-refractivity contribution in [3.05, 3.63) is 63.9 Å². The summed E-state index contributed by atoms with van der Waals surface area (Å²) in [5.41, 5.74) is 2.88. The highest BCUT2D eigenvalue weighted by Crippen LogP contribution is 2.36. The second-order valence-electron chi connectivity index (χ2n) is 8.48. The van der Waals surface area contributed by atoms with Gasteiger partial charge in [-0.15, -0.1) is 0 Å². The summed E-state index contributed by atoms with van der Waals surface area (Å²) in [7, 11) is 0. The van der Waals surface area contributed by atoms with Crippen molar-refractivity contribution in [2.24, 2.45) is 0 Å². The van der Waals surface area contributed by atoms with Gasteiger partial charge in [-0.05, 0) is 37.1 Å². The zero-order valence-corrected chi connectivity index (χ0v) is 18.4. The zero-order chi connectivity index (χ0) is 20.7. The lowest BCUT2D eigenvalue weighted by Gasteiger charge is -2.31. The maximum absolute atomic E-state index is 12.9. The van der Waals surface area contributed by atoms with Gasteiger partial charge in [0.15, 0.2) is 0 Å². The molecule has 1 unspecified atom stereocenters. The number of aromatic nitrogens is 2. The molecule has 0 spiro atoms. The topological polar surface area (TPSA) is 38.1 Å². The van der Waals surface area contributed by atoms with Crippen molar-refractivity contribution < 1.29 is 4.79 Å². The Morgan fingerprint density at radius 1 is 0.967 bits per heavy atom.